The summed E-state index contributed by atoms with van der Waals surface area (Å²) in [5.41, 5.74) is 1.73. The minimum atomic E-state index is -5.01. The number of hydrogen-bond donors (Lipinski definition) is 3. The molecule has 1 amide bonds. The Balaban J connectivity index is 2.01. The molecule has 0 spiro atoms. The van der Waals surface area contributed by atoms with Crippen LogP contribution >= 0.6 is 0 Å². The molecule has 36 heavy (non-hydrogen) atoms. The van der Waals surface area contributed by atoms with Crippen LogP contribution in [0.2, 0.25) is 0 Å². The molecule has 0 fully saturated rings. The number of fused-ring (bicyclic) bond motifs is 1. The zero-order chi connectivity index (χ0) is 26.1. The first-order chi connectivity index (χ1) is 17.1. The Bertz CT molecular complexity index is 1290. The van der Waals surface area contributed by atoms with Crippen LogP contribution in [0.15, 0.2) is 77.7 Å². The number of aliphatic hydroxyl groups is 1. The molecule has 2 aromatic carbocycles. The lowest BCUT2D eigenvalue weighted by molar-refractivity contribution is -0.227. The van der Waals surface area contributed by atoms with Gasteiger partial charge in [-0.05, 0) is 24.6 Å². The number of carbonyl (C=O) groups excluding carboxylic acids is 1. The van der Waals surface area contributed by atoms with Gasteiger partial charge in [0.15, 0.2) is 5.54 Å². The van der Waals surface area contributed by atoms with Crippen molar-refractivity contribution in [1.29, 1.82) is 0 Å². The quantitative estimate of drug-likeness (QED) is 0.460. The summed E-state index contributed by atoms with van der Waals surface area (Å²) in [5.74, 6) is -0.469. The van der Waals surface area contributed by atoms with Gasteiger partial charge < -0.3 is 20.1 Å². The van der Waals surface area contributed by atoms with Crippen LogP contribution in [0.1, 0.15) is 46.9 Å². The summed E-state index contributed by atoms with van der Waals surface area (Å²) >= 11 is 0. The predicted molar refractivity (Wildman–Crippen MR) is 127 cm³/mol. The molecule has 4 N–H and O–H groups in total. The number of nitrogens with zero attached hydrogens (tertiary/aromatic N) is 1. The molecule has 1 aliphatic rings. The van der Waals surface area contributed by atoms with E-state index in [1.54, 1.807) is 30.3 Å². The van der Waals surface area contributed by atoms with Crippen molar-refractivity contribution in [3.63, 3.8) is 0 Å². The van der Waals surface area contributed by atoms with Crippen molar-refractivity contribution >= 4 is 5.91 Å². The van der Waals surface area contributed by atoms with Gasteiger partial charge in [0.05, 0.1) is 24.3 Å². The molecule has 4 unspecified atom stereocenters. The van der Waals surface area contributed by atoms with Crippen molar-refractivity contribution in [3.8, 4) is 5.75 Å². The van der Waals surface area contributed by atoms with Crippen LogP contribution in [-0.2, 0) is 5.54 Å². The van der Waals surface area contributed by atoms with Gasteiger partial charge in [0.1, 0.15) is 5.75 Å². The van der Waals surface area contributed by atoms with Gasteiger partial charge in [-0.1, -0.05) is 48.5 Å². The van der Waals surface area contributed by atoms with Crippen LogP contribution in [-0.4, -0.2) is 34.5 Å². The predicted octanol–water partition coefficient (Wildman–Crippen LogP) is 3.44. The molecule has 3 aromatic rings. The summed E-state index contributed by atoms with van der Waals surface area (Å²) in [6.07, 6.45) is -5.52. The lowest BCUT2D eigenvalue weighted by atomic mass is 9.77. The molecule has 0 aliphatic carbocycles. The van der Waals surface area contributed by atoms with Crippen molar-refractivity contribution in [2.24, 2.45) is 5.73 Å². The highest BCUT2D eigenvalue weighted by atomic mass is 19.4. The first-order valence-electron chi connectivity index (χ1n) is 11.4. The number of halogens is 3. The Hall–Kier alpha value is -3.63. The molecule has 0 radical (unpaired) electrons. The summed E-state index contributed by atoms with van der Waals surface area (Å²) in [4.78, 5) is 24.7. The molecule has 1 aromatic heterocycles. The molecule has 4 atom stereocenters. The summed E-state index contributed by atoms with van der Waals surface area (Å²) < 4.78 is 52.8. The molecular weight excluding hydrogens is 475 g/mol. The molecule has 2 heterocycles. The van der Waals surface area contributed by atoms with Gasteiger partial charge in [0.25, 0.3) is 5.56 Å². The number of ether oxygens (including phenoxy) is 1. The van der Waals surface area contributed by atoms with Crippen LogP contribution in [0.5, 0.6) is 5.75 Å². The SMILES string of the molecule is CC(O)C(n1cc(C(N)=O)ccc1=O)C(NC1CCOc2ccccc21)(c1ccccc1)C(F)(F)F. The average Bonchev–Trinajstić information content (AvgIpc) is 2.84. The third-order valence-electron chi connectivity index (χ3n) is 6.46. The highest BCUT2D eigenvalue weighted by molar-refractivity contribution is 5.92. The van der Waals surface area contributed by atoms with Gasteiger partial charge >= 0.3 is 6.18 Å². The maximum Gasteiger partial charge on any atom is 0.412 e. The number of primary amides is 1. The fourth-order valence-electron chi connectivity index (χ4n) is 4.89. The number of hydrogen-bond acceptors (Lipinski definition) is 5. The van der Waals surface area contributed by atoms with E-state index in [0.29, 0.717) is 11.3 Å². The summed E-state index contributed by atoms with van der Waals surface area (Å²) in [6, 6.07) is 13.2. The fourth-order valence-corrected chi connectivity index (χ4v) is 4.89. The Morgan fingerprint density at radius 1 is 1.11 bits per heavy atom. The number of carbonyl (C=O) groups is 1. The highest BCUT2D eigenvalue weighted by Crippen LogP contribution is 2.50. The van der Waals surface area contributed by atoms with E-state index in [-0.39, 0.29) is 24.2 Å². The van der Waals surface area contributed by atoms with Gasteiger partial charge in [0.2, 0.25) is 5.91 Å². The normalized spacial score (nSPS) is 18.9. The van der Waals surface area contributed by atoms with Crippen molar-refractivity contribution < 1.29 is 27.8 Å². The third kappa shape index (κ3) is 4.49. The second kappa shape index (κ2) is 9.79. The minimum Gasteiger partial charge on any atom is -0.493 e. The van der Waals surface area contributed by atoms with E-state index in [1.807, 2.05) is 0 Å². The number of amides is 1. The number of nitrogens with one attached hydrogen (secondary N) is 1. The van der Waals surface area contributed by atoms with Gasteiger partial charge in [-0.15, -0.1) is 0 Å². The van der Waals surface area contributed by atoms with Crippen molar-refractivity contribution in [3.05, 3.63) is 100.0 Å². The van der Waals surface area contributed by atoms with Gasteiger partial charge in [-0.2, -0.15) is 13.2 Å². The topological polar surface area (TPSA) is 107 Å². The number of pyridine rings is 1. The van der Waals surface area contributed by atoms with Crippen LogP contribution < -0.4 is 21.3 Å². The lowest BCUT2D eigenvalue weighted by Gasteiger charge is -2.47. The van der Waals surface area contributed by atoms with Gasteiger partial charge in [-0.3, -0.25) is 14.9 Å². The van der Waals surface area contributed by atoms with E-state index in [0.717, 1.165) is 22.9 Å². The first-order valence-corrected chi connectivity index (χ1v) is 11.4. The van der Waals surface area contributed by atoms with E-state index in [9.17, 15) is 14.7 Å². The number of aliphatic hydroxyl groups excluding tert-OH is 1. The maximum absolute atomic E-state index is 15.5. The molecule has 1 aliphatic heterocycles. The number of aromatic nitrogens is 1. The van der Waals surface area contributed by atoms with E-state index >= 15 is 13.2 Å². The molecule has 190 valence electrons. The number of alkyl halides is 3. The van der Waals surface area contributed by atoms with Crippen LogP contribution in [0, 0.1) is 0 Å². The average molecular weight is 502 g/mol. The molecule has 0 bridgehead atoms. The third-order valence-corrected chi connectivity index (χ3v) is 6.46. The number of para-hydroxylation sites is 1. The zero-order valence-corrected chi connectivity index (χ0v) is 19.4. The van der Waals surface area contributed by atoms with Crippen molar-refractivity contribution in [1.82, 2.24) is 9.88 Å². The lowest BCUT2D eigenvalue weighted by Crippen LogP contribution is -2.63. The van der Waals surface area contributed by atoms with Crippen LogP contribution in [0.4, 0.5) is 13.2 Å². The van der Waals surface area contributed by atoms with Crippen LogP contribution in [0.25, 0.3) is 0 Å². The monoisotopic (exact) mass is 501 g/mol. The number of rotatable bonds is 7. The standard InChI is InChI=1S/C26H26F3N3O4/c1-16(33)23(32-15-17(24(30)35)11-12-22(32)34)25(26(27,28)29,18-7-3-2-4-8-18)31-20-13-14-36-21-10-6-5-9-19(20)21/h2-12,15-16,20,23,31,33H,13-14H2,1H3,(H2,30,35). The smallest absolute Gasteiger partial charge is 0.412 e. The van der Waals surface area contributed by atoms with Gasteiger partial charge in [0, 0.05) is 30.3 Å². The van der Waals surface area contributed by atoms with Crippen molar-refractivity contribution in [2.45, 2.75) is 43.2 Å². The second-order valence-corrected chi connectivity index (χ2v) is 8.76. The Morgan fingerprint density at radius 2 is 1.78 bits per heavy atom. The van der Waals surface area contributed by atoms with Gasteiger partial charge in [-0.25, -0.2) is 0 Å². The largest absolute Gasteiger partial charge is 0.493 e. The number of nitrogens with two attached hydrogens (primary N) is 1. The summed E-state index contributed by atoms with van der Waals surface area (Å²) in [5, 5.41) is 13.7. The minimum absolute atomic E-state index is 0.166. The Morgan fingerprint density at radius 3 is 2.42 bits per heavy atom. The molecule has 10 heteroatoms. The second-order valence-electron chi connectivity index (χ2n) is 8.76. The maximum atomic E-state index is 15.5. The van der Waals surface area contributed by atoms with E-state index in [4.69, 9.17) is 10.5 Å². The highest BCUT2D eigenvalue weighted by Gasteiger charge is 2.63. The summed E-state index contributed by atoms with van der Waals surface area (Å²) in [6.45, 7) is 1.35. The summed E-state index contributed by atoms with van der Waals surface area (Å²) in [7, 11) is 0. The molecule has 4 rings (SSSR count). The molecular formula is C26H26F3N3O4. The zero-order valence-electron chi connectivity index (χ0n) is 19.4. The Labute approximate surface area is 205 Å². The van der Waals surface area contributed by atoms with Crippen molar-refractivity contribution in [2.75, 3.05) is 6.61 Å². The molecule has 0 saturated heterocycles. The molecule has 0 saturated carbocycles. The fraction of sp³-hybridized carbons (Fsp3) is 0.308. The van der Waals surface area contributed by atoms with E-state index < -0.39 is 41.4 Å². The number of benzene rings is 2. The first kappa shape index (κ1) is 25.5. The molecule has 7 nitrogen and oxygen atoms in total. The van der Waals surface area contributed by atoms with E-state index in [2.05, 4.69) is 5.32 Å². The van der Waals surface area contributed by atoms with Crippen LogP contribution in [0.3, 0.4) is 0 Å². The van der Waals surface area contributed by atoms with E-state index in [1.165, 1.54) is 31.2 Å². The Kier molecular flexibility index (Phi) is 6.92.